The Bertz CT molecular complexity index is 449. The number of nitrogens with zero attached hydrogens (tertiary/aromatic N) is 1. The average molecular weight is 284 g/mol. The molecule has 20 heavy (non-hydrogen) atoms. The molecule has 0 bridgehead atoms. The molecular weight excluding hydrogens is 262 g/mol. The van der Waals surface area contributed by atoms with E-state index in [0.717, 1.165) is 18.6 Å². The highest BCUT2D eigenvalue weighted by atomic mass is 19.2. The van der Waals surface area contributed by atoms with Gasteiger partial charge in [-0.3, -0.25) is 4.79 Å². The fourth-order valence-corrected chi connectivity index (χ4v) is 1.98. The van der Waals surface area contributed by atoms with Gasteiger partial charge in [-0.15, -0.1) is 0 Å². The third-order valence-corrected chi connectivity index (χ3v) is 2.91. The van der Waals surface area contributed by atoms with Crippen LogP contribution < -0.4 is 5.73 Å². The molecule has 0 fully saturated rings. The average Bonchev–Trinajstić information content (AvgIpc) is 2.38. The Hall–Kier alpha value is -1.49. The maximum absolute atomic E-state index is 13.1. The van der Waals surface area contributed by atoms with Crippen molar-refractivity contribution in [3.05, 3.63) is 35.4 Å². The highest BCUT2D eigenvalue weighted by Crippen LogP contribution is 2.11. The predicted molar refractivity (Wildman–Crippen MR) is 75.2 cm³/mol. The molecule has 0 atom stereocenters. The molecular formula is C15H22F2N2O. The number of carbonyl (C=O) groups is 1. The number of hydrogen-bond donors (Lipinski definition) is 1. The Kier molecular flexibility index (Phi) is 6.58. The van der Waals surface area contributed by atoms with E-state index in [9.17, 15) is 13.6 Å². The summed E-state index contributed by atoms with van der Waals surface area (Å²) in [6, 6.07) is 3.56. The van der Waals surface area contributed by atoms with Crippen LogP contribution in [0.4, 0.5) is 8.78 Å². The summed E-state index contributed by atoms with van der Waals surface area (Å²) in [5.74, 6) is -1.56. The van der Waals surface area contributed by atoms with E-state index < -0.39 is 11.6 Å². The SMILES string of the molecule is CC(C)CN(CCCN)C(=O)Cc1ccc(F)c(F)c1. The van der Waals surface area contributed by atoms with E-state index in [1.807, 2.05) is 13.8 Å². The molecule has 1 amide bonds. The minimum absolute atomic E-state index is 0.0779. The fourth-order valence-electron chi connectivity index (χ4n) is 1.98. The topological polar surface area (TPSA) is 46.3 Å². The number of halogens is 2. The van der Waals surface area contributed by atoms with Crippen molar-refractivity contribution in [1.82, 2.24) is 4.90 Å². The number of amides is 1. The molecule has 0 aromatic heterocycles. The van der Waals surface area contributed by atoms with Crippen molar-refractivity contribution in [2.24, 2.45) is 11.7 Å². The number of benzene rings is 1. The molecule has 0 aliphatic heterocycles. The van der Waals surface area contributed by atoms with Crippen LogP contribution in [0.2, 0.25) is 0 Å². The van der Waals surface area contributed by atoms with E-state index >= 15 is 0 Å². The zero-order chi connectivity index (χ0) is 15.1. The van der Waals surface area contributed by atoms with Crippen molar-refractivity contribution in [3.8, 4) is 0 Å². The smallest absolute Gasteiger partial charge is 0.227 e. The standard InChI is InChI=1S/C15H22F2N2O/c1-11(2)10-19(7-3-6-18)15(20)9-12-4-5-13(16)14(17)8-12/h4-5,8,11H,3,6-7,9-10,18H2,1-2H3. The normalized spacial score (nSPS) is 10.9. The molecule has 112 valence electrons. The summed E-state index contributed by atoms with van der Waals surface area (Å²) in [4.78, 5) is 14.0. The Morgan fingerprint density at radius 1 is 1.30 bits per heavy atom. The lowest BCUT2D eigenvalue weighted by Gasteiger charge is -2.24. The van der Waals surface area contributed by atoms with Gasteiger partial charge < -0.3 is 10.6 Å². The van der Waals surface area contributed by atoms with Gasteiger partial charge in [-0.2, -0.15) is 0 Å². The zero-order valence-electron chi connectivity index (χ0n) is 12.0. The van der Waals surface area contributed by atoms with Gasteiger partial charge in [0.1, 0.15) is 0 Å². The van der Waals surface area contributed by atoms with Gasteiger partial charge in [-0.1, -0.05) is 19.9 Å². The van der Waals surface area contributed by atoms with Crippen LogP contribution in [0.3, 0.4) is 0 Å². The molecule has 0 spiro atoms. The highest BCUT2D eigenvalue weighted by molar-refractivity contribution is 5.78. The summed E-state index contributed by atoms with van der Waals surface area (Å²) in [7, 11) is 0. The second kappa shape index (κ2) is 7.94. The van der Waals surface area contributed by atoms with E-state index in [4.69, 9.17) is 5.73 Å². The van der Waals surface area contributed by atoms with Crippen molar-refractivity contribution in [1.29, 1.82) is 0 Å². The molecule has 0 aliphatic carbocycles. The van der Waals surface area contributed by atoms with Crippen LogP contribution in [0.25, 0.3) is 0 Å². The summed E-state index contributed by atoms with van der Waals surface area (Å²) >= 11 is 0. The molecule has 0 saturated carbocycles. The minimum atomic E-state index is -0.923. The first-order valence-corrected chi connectivity index (χ1v) is 6.85. The molecule has 0 unspecified atom stereocenters. The molecule has 0 radical (unpaired) electrons. The number of carbonyl (C=O) groups excluding carboxylic acids is 1. The van der Waals surface area contributed by atoms with Crippen molar-refractivity contribution in [2.45, 2.75) is 26.7 Å². The van der Waals surface area contributed by atoms with Gasteiger partial charge in [-0.25, -0.2) is 8.78 Å². The van der Waals surface area contributed by atoms with Crippen LogP contribution >= 0.6 is 0 Å². The first-order chi connectivity index (χ1) is 9.43. The quantitative estimate of drug-likeness (QED) is 0.835. The Balaban J connectivity index is 2.70. The third kappa shape index (κ3) is 5.25. The van der Waals surface area contributed by atoms with Crippen LogP contribution in [0.15, 0.2) is 18.2 Å². The van der Waals surface area contributed by atoms with Crippen molar-refractivity contribution < 1.29 is 13.6 Å². The lowest BCUT2D eigenvalue weighted by atomic mass is 10.1. The third-order valence-electron chi connectivity index (χ3n) is 2.91. The highest BCUT2D eigenvalue weighted by Gasteiger charge is 2.15. The Labute approximate surface area is 118 Å². The van der Waals surface area contributed by atoms with Crippen LogP contribution in [0.1, 0.15) is 25.8 Å². The molecule has 0 aliphatic rings. The predicted octanol–water partition coefficient (Wildman–Crippen LogP) is 2.34. The van der Waals surface area contributed by atoms with E-state index in [1.165, 1.54) is 6.07 Å². The molecule has 0 saturated heterocycles. The number of nitrogens with two attached hydrogens (primary N) is 1. The maximum atomic E-state index is 13.1. The number of hydrogen-bond acceptors (Lipinski definition) is 2. The van der Waals surface area contributed by atoms with Gasteiger partial charge in [-0.05, 0) is 36.6 Å². The first kappa shape index (κ1) is 16.6. The molecule has 1 rings (SSSR count). The van der Waals surface area contributed by atoms with Gasteiger partial charge >= 0.3 is 0 Å². The minimum Gasteiger partial charge on any atom is -0.342 e. The Morgan fingerprint density at radius 3 is 2.55 bits per heavy atom. The molecule has 0 heterocycles. The van der Waals surface area contributed by atoms with E-state index in [0.29, 0.717) is 31.1 Å². The zero-order valence-corrected chi connectivity index (χ0v) is 12.0. The van der Waals surface area contributed by atoms with Gasteiger partial charge in [0.05, 0.1) is 6.42 Å². The van der Waals surface area contributed by atoms with E-state index in [-0.39, 0.29) is 12.3 Å². The summed E-state index contributed by atoms with van der Waals surface area (Å²) in [5, 5.41) is 0. The van der Waals surface area contributed by atoms with Gasteiger partial charge in [0.25, 0.3) is 0 Å². The fraction of sp³-hybridized carbons (Fsp3) is 0.533. The summed E-state index contributed by atoms with van der Waals surface area (Å²) in [6.45, 7) is 5.81. The molecule has 1 aromatic rings. The second-order valence-electron chi connectivity index (χ2n) is 5.30. The van der Waals surface area contributed by atoms with Gasteiger partial charge in [0.2, 0.25) is 5.91 Å². The lowest BCUT2D eigenvalue weighted by molar-refractivity contribution is -0.131. The Morgan fingerprint density at radius 2 is 2.00 bits per heavy atom. The van der Waals surface area contributed by atoms with Crippen molar-refractivity contribution in [2.75, 3.05) is 19.6 Å². The van der Waals surface area contributed by atoms with Crippen molar-refractivity contribution in [3.63, 3.8) is 0 Å². The van der Waals surface area contributed by atoms with Gasteiger partial charge in [0, 0.05) is 13.1 Å². The molecule has 5 heteroatoms. The van der Waals surface area contributed by atoms with E-state index in [2.05, 4.69) is 0 Å². The summed E-state index contributed by atoms with van der Waals surface area (Å²) in [6.07, 6.45) is 0.810. The van der Waals surface area contributed by atoms with E-state index in [1.54, 1.807) is 4.90 Å². The van der Waals surface area contributed by atoms with Crippen LogP contribution in [0, 0.1) is 17.6 Å². The summed E-state index contributed by atoms with van der Waals surface area (Å²) in [5.41, 5.74) is 5.95. The second-order valence-corrected chi connectivity index (χ2v) is 5.30. The largest absolute Gasteiger partial charge is 0.342 e. The van der Waals surface area contributed by atoms with Crippen LogP contribution in [-0.2, 0) is 11.2 Å². The molecule has 1 aromatic carbocycles. The van der Waals surface area contributed by atoms with Gasteiger partial charge in [0.15, 0.2) is 11.6 Å². The van der Waals surface area contributed by atoms with Crippen molar-refractivity contribution >= 4 is 5.91 Å². The lowest BCUT2D eigenvalue weighted by Crippen LogP contribution is -2.36. The van der Waals surface area contributed by atoms with Crippen LogP contribution in [0.5, 0.6) is 0 Å². The maximum Gasteiger partial charge on any atom is 0.227 e. The first-order valence-electron chi connectivity index (χ1n) is 6.85. The summed E-state index contributed by atoms with van der Waals surface area (Å²) < 4.78 is 26.0. The monoisotopic (exact) mass is 284 g/mol. The number of rotatable bonds is 7. The van der Waals surface area contributed by atoms with Crippen LogP contribution in [-0.4, -0.2) is 30.4 Å². The molecule has 2 N–H and O–H groups in total. The molecule has 3 nitrogen and oxygen atoms in total.